The molecule has 0 bridgehead atoms. The van der Waals surface area contributed by atoms with Gasteiger partial charge in [0.05, 0.1) is 10.0 Å². The first-order chi connectivity index (χ1) is 8.94. The maximum atomic E-state index is 11.7. The summed E-state index contributed by atoms with van der Waals surface area (Å²) in [5.74, 6) is -1.25. The molecule has 4 nitrogen and oxygen atoms in total. The normalized spacial score (nSPS) is 15.9. The van der Waals surface area contributed by atoms with Gasteiger partial charge in [-0.3, -0.25) is 4.79 Å². The molecule has 1 aliphatic rings. The van der Waals surface area contributed by atoms with E-state index in [1.54, 1.807) is 18.2 Å². The van der Waals surface area contributed by atoms with E-state index in [9.17, 15) is 9.59 Å². The van der Waals surface area contributed by atoms with E-state index in [1.807, 2.05) is 0 Å². The van der Waals surface area contributed by atoms with Gasteiger partial charge in [0.1, 0.15) is 5.54 Å². The highest BCUT2D eigenvalue weighted by Gasteiger charge is 2.51. The molecule has 0 unspecified atom stereocenters. The van der Waals surface area contributed by atoms with Crippen molar-refractivity contribution in [3.05, 3.63) is 33.8 Å². The van der Waals surface area contributed by atoms with Crippen LogP contribution in [0, 0.1) is 0 Å². The molecule has 6 heteroatoms. The standard InChI is InChI=1S/C13H13Cl2NO3/c14-9-3-1-2-8(11(9)15)4-5-10(17)16-13(6-7-13)12(18)19/h1-3H,4-7H2,(H,16,17)(H,18,19). The molecule has 2 rings (SSSR count). The zero-order valence-corrected chi connectivity index (χ0v) is 11.6. The van der Waals surface area contributed by atoms with Crippen molar-refractivity contribution in [2.24, 2.45) is 0 Å². The number of nitrogens with one attached hydrogen (secondary N) is 1. The lowest BCUT2D eigenvalue weighted by Gasteiger charge is -2.12. The van der Waals surface area contributed by atoms with E-state index in [1.165, 1.54) is 0 Å². The van der Waals surface area contributed by atoms with Gasteiger partial charge in [0.15, 0.2) is 0 Å². The topological polar surface area (TPSA) is 66.4 Å². The molecule has 1 amide bonds. The second-order valence-corrected chi connectivity index (χ2v) is 5.43. The van der Waals surface area contributed by atoms with Crippen LogP contribution in [-0.2, 0) is 16.0 Å². The van der Waals surface area contributed by atoms with Crippen LogP contribution >= 0.6 is 23.2 Å². The molecule has 0 aliphatic heterocycles. The predicted molar refractivity (Wildman–Crippen MR) is 72.5 cm³/mol. The first-order valence-electron chi connectivity index (χ1n) is 5.92. The third kappa shape index (κ3) is 3.19. The van der Waals surface area contributed by atoms with Gasteiger partial charge in [0.2, 0.25) is 5.91 Å². The number of carbonyl (C=O) groups excluding carboxylic acids is 1. The molecule has 1 aromatic carbocycles. The predicted octanol–water partition coefficient (Wildman–Crippen LogP) is 2.66. The zero-order valence-electron chi connectivity index (χ0n) is 10.1. The highest BCUT2D eigenvalue weighted by Crippen LogP contribution is 2.35. The third-order valence-corrected chi connectivity index (χ3v) is 4.05. The maximum absolute atomic E-state index is 11.7. The second kappa shape index (κ2) is 5.39. The van der Waals surface area contributed by atoms with Gasteiger partial charge < -0.3 is 10.4 Å². The highest BCUT2D eigenvalue weighted by molar-refractivity contribution is 6.42. The summed E-state index contributed by atoms with van der Waals surface area (Å²) in [7, 11) is 0. The van der Waals surface area contributed by atoms with Gasteiger partial charge in [0.25, 0.3) is 0 Å². The van der Waals surface area contributed by atoms with Crippen molar-refractivity contribution in [3.63, 3.8) is 0 Å². The Morgan fingerprint density at radius 1 is 1.32 bits per heavy atom. The molecule has 0 heterocycles. The number of aliphatic carboxylic acids is 1. The number of carboxylic acids is 1. The smallest absolute Gasteiger partial charge is 0.329 e. The summed E-state index contributed by atoms with van der Waals surface area (Å²) in [6, 6.07) is 5.24. The fourth-order valence-corrected chi connectivity index (χ4v) is 2.25. The summed E-state index contributed by atoms with van der Waals surface area (Å²) < 4.78 is 0. The number of carbonyl (C=O) groups is 2. The first kappa shape index (κ1) is 14.2. The van der Waals surface area contributed by atoms with Gasteiger partial charge in [0, 0.05) is 6.42 Å². The summed E-state index contributed by atoms with van der Waals surface area (Å²) in [6.45, 7) is 0. The van der Waals surface area contributed by atoms with Gasteiger partial charge in [-0.1, -0.05) is 35.3 Å². The molecule has 0 atom stereocenters. The Morgan fingerprint density at radius 3 is 2.58 bits per heavy atom. The van der Waals surface area contributed by atoms with Crippen molar-refractivity contribution in [1.29, 1.82) is 0 Å². The van der Waals surface area contributed by atoms with Crippen LogP contribution in [0.1, 0.15) is 24.8 Å². The van der Waals surface area contributed by atoms with Crippen LogP contribution in [-0.4, -0.2) is 22.5 Å². The van der Waals surface area contributed by atoms with E-state index in [0.29, 0.717) is 29.3 Å². The van der Waals surface area contributed by atoms with Crippen LogP contribution in [0.15, 0.2) is 18.2 Å². The molecule has 1 saturated carbocycles. The summed E-state index contributed by atoms with van der Waals surface area (Å²) in [6.07, 6.45) is 1.61. The third-order valence-electron chi connectivity index (χ3n) is 3.19. The lowest BCUT2D eigenvalue weighted by Crippen LogP contribution is -2.43. The number of amides is 1. The Hall–Kier alpha value is -1.26. The van der Waals surface area contributed by atoms with E-state index in [-0.39, 0.29) is 12.3 Å². The van der Waals surface area contributed by atoms with Crippen molar-refractivity contribution in [2.75, 3.05) is 0 Å². The number of hydrogen-bond acceptors (Lipinski definition) is 2. The van der Waals surface area contributed by atoms with Crippen LogP contribution in [0.5, 0.6) is 0 Å². The fourth-order valence-electron chi connectivity index (χ4n) is 1.84. The van der Waals surface area contributed by atoms with Crippen LogP contribution in [0.2, 0.25) is 10.0 Å². The van der Waals surface area contributed by atoms with Gasteiger partial charge in [-0.25, -0.2) is 4.79 Å². The molecule has 0 aromatic heterocycles. The maximum Gasteiger partial charge on any atom is 0.329 e. The lowest BCUT2D eigenvalue weighted by molar-refractivity contribution is -0.143. The van der Waals surface area contributed by atoms with E-state index in [4.69, 9.17) is 28.3 Å². The largest absolute Gasteiger partial charge is 0.480 e. The second-order valence-electron chi connectivity index (χ2n) is 4.65. The van der Waals surface area contributed by atoms with Crippen LogP contribution in [0.4, 0.5) is 0 Å². The number of hydrogen-bond donors (Lipinski definition) is 2. The van der Waals surface area contributed by atoms with Crippen molar-refractivity contribution >= 4 is 35.1 Å². The molecule has 0 spiro atoms. The summed E-state index contributed by atoms with van der Waals surface area (Å²) in [4.78, 5) is 22.7. The zero-order chi connectivity index (χ0) is 14.0. The minimum Gasteiger partial charge on any atom is -0.480 e. The number of aryl methyl sites for hydroxylation is 1. The Bertz CT molecular complexity index is 527. The van der Waals surface area contributed by atoms with Crippen molar-refractivity contribution in [1.82, 2.24) is 5.32 Å². The molecule has 0 radical (unpaired) electrons. The molecule has 1 aliphatic carbocycles. The van der Waals surface area contributed by atoms with Crippen molar-refractivity contribution in [2.45, 2.75) is 31.2 Å². The average molecular weight is 302 g/mol. The Balaban J connectivity index is 1.91. The number of benzene rings is 1. The quantitative estimate of drug-likeness (QED) is 0.878. The van der Waals surface area contributed by atoms with E-state index < -0.39 is 11.5 Å². The molecule has 2 N–H and O–H groups in total. The SMILES string of the molecule is O=C(CCc1cccc(Cl)c1Cl)NC1(C(=O)O)CC1. The Labute approximate surface area is 120 Å². The highest BCUT2D eigenvalue weighted by atomic mass is 35.5. The van der Waals surface area contributed by atoms with Crippen molar-refractivity contribution in [3.8, 4) is 0 Å². The number of rotatable bonds is 5. The minimum atomic E-state index is -1.03. The average Bonchev–Trinajstić information content (AvgIpc) is 3.12. The summed E-state index contributed by atoms with van der Waals surface area (Å²) in [5, 5.41) is 12.4. The Morgan fingerprint density at radius 2 is 2.00 bits per heavy atom. The molecule has 1 fully saturated rings. The first-order valence-corrected chi connectivity index (χ1v) is 6.67. The van der Waals surface area contributed by atoms with Gasteiger partial charge >= 0.3 is 5.97 Å². The van der Waals surface area contributed by atoms with Crippen LogP contribution in [0.25, 0.3) is 0 Å². The lowest BCUT2D eigenvalue weighted by atomic mass is 10.1. The summed E-state index contributed by atoms with van der Waals surface area (Å²) >= 11 is 11.9. The molecular weight excluding hydrogens is 289 g/mol. The Kier molecular flexibility index (Phi) is 4.02. The van der Waals surface area contributed by atoms with Crippen molar-refractivity contribution < 1.29 is 14.7 Å². The summed E-state index contributed by atoms with van der Waals surface area (Å²) in [5.41, 5.74) is -0.251. The van der Waals surface area contributed by atoms with E-state index in [0.717, 1.165) is 5.56 Å². The molecule has 102 valence electrons. The molecule has 19 heavy (non-hydrogen) atoms. The molecule has 1 aromatic rings. The molecule has 0 saturated heterocycles. The monoisotopic (exact) mass is 301 g/mol. The number of carboxylic acid groups (broad SMARTS) is 1. The van der Waals surface area contributed by atoms with Crippen LogP contribution in [0.3, 0.4) is 0 Å². The van der Waals surface area contributed by atoms with Gasteiger partial charge in [-0.05, 0) is 30.9 Å². The fraction of sp³-hybridized carbons (Fsp3) is 0.385. The van der Waals surface area contributed by atoms with E-state index >= 15 is 0 Å². The molecular formula is C13H13Cl2NO3. The number of halogens is 2. The minimum absolute atomic E-state index is 0.190. The van der Waals surface area contributed by atoms with E-state index in [2.05, 4.69) is 5.32 Å². The van der Waals surface area contributed by atoms with Gasteiger partial charge in [-0.2, -0.15) is 0 Å². The van der Waals surface area contributed by atoms with Gasteiger partial charge in [-0.15, -0.1) is 0 Å². The van der Waals surface area contributed by atoms with Crippen LogP contribution < -0.4 is 5.32 Å².